The molecule has 0 spiro atoms. The number of likely N-dealkylation sites (tertiary alicyclic amines) is 1. The van der Waals surface area contributed by atoms with E-state index in [1.807, 2.05) is 0 Å². The number of piperidine rings is 1. The zero-order valence-electron chi connectivity index (χ0n) is 21.8. The highest BCUT2D eigenvalue weighted by molar-refractivity contribution is 7.85. The average Bonchev–Trinajstić information content (AvgIpc) is 2.92. The summed E-state index contributed by atoms with van der Waals surface area (Å²) in [5.74, 6) is -5.08. The van der Waals surface area contributed by atoms with E-state index in [9.17, 15) is 36.3 Å². The van der Waals surface area contributed by atoms with Crippen LogP contribution in [0.3, 0.4) is 0 Å². The number of nitrogens with zero attached hydrogens (tertiary/aromatic N) is 5. The number of carbonyl (C=O) groups is 3. The van der Waals surface area contributed by atoms with Crippen LogP contribution in [0.15, 0.2) is 50.5 Å². The lowest BCUT2D eigenvalue weighted by molar-refractivity contribution is -0.145. The second-order valence-corrected chi connectivity index (χ2v) is 10.4. The molecule has 2 aromatic rings. The SMILES string of the molecule is CC1=C(C(=O)CNC(=O)c2ccnc(C(F)(F)F)n2)C(C2CCN(C(=O)Nc3c(F)cccc3F)CC2)=NS(C)=N1. The molecule has 3 heterocycles. The Kier molecular flexibility index (Phi) is 8.89. The number of nitrogens with one attached hydrogen (secondary N) is 2. The molecule has 2 aliphatic rings. The number of carbonyl (C=O) groups excluding carboxylic acids is 3. The molecule has 0 aliphatic carbocycles. The van der Waals surface area contributed by atoms with Crippen molar-refractivity contribution in [3.8, 4) is 0 Å². The Bertz CT molecular complexity index is 1460. The number of para-hydroxylation sites is 1. The van der Waals surface area contributed by atoms with Gasteiger partial charge >= 0.3 is 12.2 Å². The molecule has 1 aromatic heterocycles. The number of alkyl halides is 3. The van der Waals surface area contributed by atoms with Crippen molar-refractivity contribution in [3.05, 3.63) is 64.9 Å². The molecule has 3 amide bonds. The zero-order valence-corrected chi connectivity index (χ0v) is 22.6. The molecule has 218 valence electrons. The summed E-state index contributed by atoms with van der Waals surface area (Å²) in [7, 11) is -0.776. The van der Waals surface area contributed by atoms with E-state index in [1.165, 1.54) is 11.0 Å². The van der Waals surface area contributed by atoms with Crippen LogP contribution in [0, 0.1) is 17.6 Å². The van der Waals surface area contributed by atoms with Gasteiger partial charge < -0.3 is 15.5 Å². The Morgan fingerprint density at radius 1 is 1.10 bits per heavy atom. The highest BCUT2D eigenvalue weighted by Crippen LogP contribution is 2.29. The van der Waals surface area contributed by atoms with Crippen LogP contribution in [-0.2, 0) is 21.8 Å². The molecular weight excluding hydrogens is 573 g/mol. The molecule has 41 heavy (non-hydrogen) atoms. The Hall–Kier alpha value is -4.08. The van der Waals surface area contributed by atoms with E-state index in [0.29, 0.717) is 24.3 Å². The Labute approximate surface area is 233 Å². The number of amides is 3. The van der Waals surface area contributed by atoms with Gasteiger partial charge in [0.2, 0.25) is 5.82 Å². The zero-order chi connectivity index (χ0) is 29.9. The van der Waals surface area contributed by atoms with Crippen molar-refractivity contribution >= 4 is 40.0 Å². The number of hydrogen-bond acceptors (Lipinski definition) is 7. The molecule has 2 N–H and O–H groups in total. The number of rotatable bonds is 6. The van der Waals surface area contributed by atoms with Crippen LogP contribution in [0.4, 0.5) is 32.4 Å². The molecule has 1 fully saturated rings. The number of Topliss-reactive ketones (excluding diaryl/α,β-unsaturated/α-hetero) is 1. The molecule has 4 rings (SSSR count). The van der Waals surface area contributed by atoms with Gasteiger partial charge in [0.05, 0.1) is 23.5 Å². The van der Waals surface area contributed by atoms with E-state index >= 15 is 0 Å². The quantitative estimate of drug-likeness (QED) is 0.485. The van der Waals surface area contributed by atoms with E-state index in [2.05, 4.69) is 29.4 Å². The van der Waals surface area contributed by atoms with Crippen molar-refractivity contribution < 1.29 is 36.3 Å². The van der Waals surface area contributed by atoms with Gasteiger partial charge in [0.1, 0.15) is 23.0 Å². The topological polar surface area (TPSA) is 129 Å². The molecule has 0 radical (unpaired) electrons. The molecule has 1 unspecified atom stereocenters. The smallest absolute Gasteiger partial charge is 0.343 e. The Balaban J connectivity index is 1.41. The van der Waals surface area contributed by atoms with E-state index in [1.54, 1.807) is 13.2 Å². The number of ketones is 1. The minimum Gasteiger partial charge on any atom is -0.343 e. The summed E-state index contributed by atoms with van der Waals surface area (Å²) >= 11 is 0. The number of benzene rings is 1. The van der Waals surface area contributed by atoms with Crippen LogP contribution in [0.2, 0.25) is 0 Å². The van der Waals surface area contributed by atoms with Gasteiger partial charge in [-0.1, -0.05) is 6.07 Å². The number of hydrogen-bond donors (Lipinski definition) is 2. The van der Waals surface area contributed by atoms with Gasteiger partial charge in [-0.3, -0.25) is 9.59 Å². The fourth-order valence-corrected chi connectivity index (χ4v) is 5.43. The molecular formula is C25H24F5N7O3S. The summed E-state index contributed by atoms with van der Waals surface area (Å²) in [6.45, 7) is 1.51. The molecule has 0 saturated carbocycles. The summed E-state index contributed by atoms with van der Waals surface area (Å²) < 4.78 is 75.5. The Morgan fingerprint density at radius 2 is 1.76 bits per heavy atom. The number of anilines is 1. The summed E-state index contributed by atoms with van der Waals surface area (Å²) in [6, 6.07) is 3.57. The molecule has 0 bridgehead atoms. The third-order valence-corrected chi connectivity index (χ3v) is 7.31. The molecule has 2 aliphatic heterocycles. The minimum atomic E-state index is -4.84. The molecule has 1 saturated heterocycles. The molecule has 16 heteroatoms. The van der Waals surface area contributed by atoms with Crippen molar-refractivity contribution in [2.45, 2.75) is 25.9 Å². The third-order valence-electron chi connectivity index (χ3n) is 6.31. The van der Waals surface area contributed by atoms with Gasteiger partial charge in [0.25, 0.3) is 5.91 Å². The van der Waals surface area contributed by atoms with Gasteiger partial charge in [0, 0.05) is 42.3 Å². The van der Waals surface area contributed by atoms with E-state index in [-0.39, 0.29) is 24.6 Å². The van der Waals surface area contributed by atoms with Gasteiger partial charge in [-0.05, 0) is 38.0 Å². The van der Waals surface area contributed by atoms with Crippen LogP contribution in [-0.4, -0.2) is 64.2 Å². The van der Waals surface area contributed by atoms with Crippen molar-refractivity contribution in [1.29, 1.82) is 0 Å². The molecule has 1 atom stereocenters. The predicted octanol–water partition coefficient (Wildman–Crippen LogP) is 4.09. The summed E-state index contributed by atoms with van der Waals surface area (Å²) in [5, 5.41) is 4.54. The second kappa shape index (κ2) is 12.2. The van der Waals surface area contributed by atoms with E-state index in [0.717, 1.165) is 24.4 Å². The summed E-state index contributed by atoms with van der Waals surface area (Å²) in [6.07, 6.45) is -1.51. The first-order valence-electron chi connectivity index (χ1n) is 12.2. The van der Waals surface area contributed by atoms with Crippen molar-refractivity contribution in [1.82, 2.24) is 20.2 Å². The highest BCUT2D eigenvalue weighted by atomic mass is 32.2. The van der Waals surface area contributed by atoms with E-state index in [4.69, 9.17) is 0 Å². The lowest BCUT2D eigenvalue weighted by Crippen LogP contribution is -2.44. The lowest BCUT2D eigenvalue weighted by atomic mass is 9.86. The second-order valence-electron chi connectivity index (χ2n) is 9.13. The van der Waals surface area contributed by atoms with Gasteiger partial charge in [-0.15, -0.1) is 0 Å². The number of aromatic nitrogens is 2. The average molecular weight is 598 g/mol. The minimum absolute atomic E-state index is 0.186. The normalized spacial score (nSPS) is 18.0. The third kappa shape index (κ3) is 6.99. The standard InChI is InChI=1S/C25H24F5N7O3S/c1-13-19(18(38)12-32-22(39)17-6-9-31-23(33-17)25(28,29)30)20(36-41(2)35-13)14-7-10-37(11-8-14)24(40)34-21-15(26)4-3-5-16(21)27/h3-6,9,14H,7-8,10-12H2,1-2H3,(H,32,39)(H,34,40). The maximum atomic E-state index is 13.9. The monoisotopic (exact) mass is 597 g/mol. The number of urea groups is 1. The first-order chi connectivity index (χ1) is 19.3. The molecule has 1 aromatic carbocycles. The van der Waals surface area contributed by atoms with Crippen LogP contribution in [0.25, 0.3) is 0 Å². The van der Waals surface area contributed by atoms with E-state index < -0.39 is 70.2 Å². The van der Waals surface area contributed by atoms with Gasteiger partial charge in [-0.2, -0.15) is 13.2 Å². The highest BCUT2D eigenvalue weighted by Gasteiger charge is 2.36. The van der Waals surface area contributed by atoms with Crippen LogP contribution >= 0.6 is 0 Å². The van der Waals surface area contributed by atoms with Crippen LogP contribution < -0.4 is 10.6 Å². The maximum absolute atomic E-state index is 13.9. The maximum Gasteiger partial charge on any atom is 0.451 e. The van der Waals surface area contributed by atoms with Crippen molar-refractivity contribution in [3.63, 3.8) is 0 Å². The van der Waals surface area contributed by atoms with Gasteiger partial charge in [-0.25, -0.2) is 32.3 Å². The summed E-state index contributed by atoms with van der Waals surface area (Å²) in [4.78, 5) is 46.0. The van der Waals surface area contributed by atoms with Gasteiger partial charge in [0.15, 0.2) is 5.78 Å². The van der Waals surface area contributed by atoms with Crippen molar-refractivity contribution in [2.75, 3.05) is 31.2 Å². The number of allylic oxidation sites excluding steroid dienone is 1. The largest absolute Gasteiger partial charge is 0.451 e. The fraction of sp³-hybridized carbons (Fsp3) is 0.360. The van der Waals surface area contributed by atoms with Crippen molar-refractivity contribution in [2.24, 2.45) is 14.7 Å². The number of halogens is 5. The molecule has 10 nitrogen and oxygen atoms in total. The fourth-order valence-electron chi connectivity index (χ4n) is 4.38. The summed E-state index contributed by atoms with van der Waals surface area (Å²) in [5.41, 5.74) is -0.0474. The van der Waals surface area contributed by atoms with Crippen LogP contribution in [0.1, 0.15) is 36.1 Å². The first kappa shape index (κ1) is 29.9. The Morgan fingerprint density at radius 3 is 2.39 bits per heavy atom. The lowest BCUT2D eigenvalue weighted by Gasteiger charge is -2.33. The first-order valence-corrected chi connectivity index (χ1v) is 13.8. The van der Waals surface area contributed by atoms with Crippen LogP contribution in [0.5, 0.6) is 0 Å². The predicted molar refractivity (Wildman–Crippen MR) is 140 cm³/mol.